The maximum Gasteiger partial charge on any atom is 0.300 e. The van der Waals surface area contributed by atoms with Crippen LogP contribution in [0.25, 0.3) is 5.76 Å². The second-order valence-electron chi connectivity index (χ2n) is 7.51. The number of aryl methyl sites for hydroxylation is 1. The lowest BCUT2D eigenvalue weighted by Gasteiger charge is -2.26. The number of ether oxygens (including phenoxy) is 2. The first-order valence-corrected chi connectivity index (χ1v) is 10.1. The van der Waals surface area contributed by atoms with Gasteiger partial charge in [0.2, 0.25) is 0 Å². The fourth-order valence-electron chi connectivity index (χ4n) is 3.91. The molecule has 3 aromatic rings. The van der Waals surface area contributed by atoms with Gasteiger partial charge >= 0.3 is 0 Å². The fraction of sp³-hybridized carbons (Fsp3) is 0.160. The number of ketones is 1. The zero-order valence-electron chi connectivity index (χ0n) is 18.3. The third-order valence-corrected chi connectivity index (χ3v) is 5.52. The van der Waals surface area contributed by atoms with Crippen molar-refractivity contribution >= 4 is 23.1 Å². The molecule has 33 heavy (non-hydrogen) atoms. The van der Waals surface area contributed by atoms with Gasteiger partial charge in [-0.05, 0) is 60.5 Å². The molecular formula is C25H22N2O6. The second kappa shape index (κ2) is 8.66. The van der Waals surface area contributed by atoms with Gasteiger partial charge in [-0.15, -0.1) is 0 Å². The van der Waals surface area contributed by atoms with E-state index in [1.54, 1.807) is 36.4 Å². The molecule has 8 nitrogen and oxygen atoms in total. The van der Waals surface area contributed by atoms with Crippen LogP contribution in [0.1, 0.15) is 22.7 Å². The lowest BCUT2D eigenvalue weighted by atomic mass is 9.95. The number of hydrogen-bond acceptors (Lipinski definition) is 7. The zero-order valence-corrected chi connectivity index (χ0v) is 18.3. The average Bonchev–Trinajstić information content (AvgIpc) is 3.10. The molecule has 1 saturated heterocycles. The van der Waals surface area contributed by atoms with Gasteiger partial charge in [0.25, 0.3) is 11.7 Å². The molecule has 2 heterocycles. The number of anilines is 1. The largest absolute Gasteiger partial charge is 0.507 e. The van der Waals surface area contributed by atoms with Crippen molar-refractivity contribution in [2.75, 3.05) is 19.1 Å². The van der Waals surface area contributed by atoms with Crippen LogP contribution in [0.5, 0.6) is 17.2 Å². The highest BCUT2D eigenvalue weighted by molar-refractivity contribution is 6.52. The molecule has 0 bridgehead atoms. The van der Waals surface area contributed by atoms with Crippen LogP contribution in [0.2, 0.25) is 0 Å². The average molecular weight is 446 g/mol. The number of carbonyl (C=O) groups excluding carboxylic acids is 2. The molecule has 1 fully saturated rings. The van der Waals surface area contributed by atoms with Crippen molar-refractivity contribution in [2.45, 2.75) is 13.0 Å². The molecular weight excluding hydrogens is 424 g/mol. The third-order valence-electron chi connectivity index (χ3n) is 5.52. The normalized spacial score (nSPS) is 17.3. The Morgan fingerprint density at radius 3 is 2.39 bits per heavy atom. The van der Waals surface area contributed by atoms with Crippen LogP contribution in [0.4, 0.5) is 5.69 Å². The predicted octanol–water partition coefficient (Wildman–Crippen LogP) is 3.74. The lowest BCUT2D eigenvalue weighted by molar-refractivity contribution is -0.132. The van der Waals surface area contributed by atoms with Crippen LogP contribution in [-0.4, -0.2) is 41.1 Å². The van der Waals surface area contributed by atoms with E-state index in [0.717, 1.165) is 5.56 Å². The number of benzene rings is 2. The molecule has 8 heteroatoms. The minimum atomic E-state index is -1.00. The molecule has 1 atom stereocenters. The van der Waals surface area contributed by atoms with Crippen molar-refractivity contribution in [1.29, 1.82) is 0 Å². The van der Waals surface area contributed by atoms with Gasteiger partial charge in [-0.2, -0.15) is 0 Å². The first-order valence-electron chi connectivity index (χ1n) is 10.1. The minimum absolute atomic E-state index is 0.140. The van der Waals surface area contributed by atoms with Crippen molar-refractivity contribution in [3.63, 3.8) is 0 Å². The molecule has 0 spiro atoms. The monoisotopic (exact) mass is 446 g/mol. The summed E-state index contributed by atoms with van der Waals surface area (Å²) in [6.07, 6.45) is 3.05. The highest BCUT2D eigenvalue weighted by Crippen LogP contribution is 2.45. The number of rotatable bonds is 5. The molecule has 0 aliphatic carbocycles. The van der Waals surface area contributed by atoms with Gasteiger partial charge in [0.15, 0.2) is 0 Å². The summed E-state index contributed by atoms with van der Waals surface area (Å²) in [6, 6.07) is 11.8. The summed E-state index contributed by atoms with van der Waals surface area (Å²) >= 11 is 0. The molecule has 2 aromatic carbocycles. The number of nitrogens with zero attached hydrogens (tertiary/aromatic N) is 2. The summed E-state index contributed by atoms with van der Waals surface area (Å²) in [5.74, 6) is -1.61. The predicted molar refractivity (Wildman–Crippen MR) is 121 cm³/mol. The zero-order chi connectivity index (χ0) is 23.7. The molecule has 2 N–H and O–H groups in total. The summed E-state index contributed by atoms with van der Waals surface area (Å²) in [5, 5.41) is 21.9. The smallest absolute Gasteiger partial charge is 0.300 e. The van der Waals surface area contributed by atoms with Gasteiger partial charge in [0.05, 0.1) is 37.1 Å². The van der Waals surface area contributed by atoms with Crippen LogP contribution >= 0.6 is 0 Å². The Balaban J connectivity index is 2.01. The van der Waals surface area contributed by atoms with E-state index in [0.29, 0.717) is 17.1 Å². The van der Waals surface area contributed by atoms with E-state index < -0.39 is 23.5 Å². The van der Waals surface area contributed by atoms with E-state index >= 15 is 0 Å². The number of aliphatic hydroxyl groups is 1. The Bertz CT molecular complexity index is 1270. The Hall–Kier alpha value is -4.33. The highest BCUT2D eigenvalue weighted by atomic mass is 16.5. The van der Waals surface area contributed by atoms with E-state index in [9.17, 15) is 19.8 Å². The van der Waals surface area contributed by atoms with Gasteiger partial charge in [0, 0.05) is 12.4 Å². The molecule has 1 aliphatic heterocycles. The topological polar surface area (TPSA) is 109 Å². The van der Waals surface area contributed by atoms with Gasteiger partial charge < -0.3 is 19.7 Å². The molecule has 0 radical (unpaired) electrons. The van der Waals surface area contributed by atoms with Gasteiger partial charge in [-0.25, -0.2) is 0 Å². The Kier molecular flexibility index (Phi) is 5.74. The number of pyridine rings is 1. The number of amides is 1. The van der Waals surface area contributed by atoms with Crippen molar-refractivity contribution in [3.8, 4) is 17.2 Å². The van der Waals surface area contributed by atoms with Crippen molar-refractivity contribution in [2.24, 2.45) is 0 Å². The van der Waals surface area contributed by atoms with Crippen LogP contribution in [0, 0.1) is 6.92 Å². The summed E-state index contributed by atoms with van der Waals surface area (Å²) < 4.78 is 10.6. The fourth-order valence-corrected chi connectivity index (χ4v) is 3.91. The second-order valence-corrected chi connectivity index (χ2v) is 7.51. The molecule has 0 saturated carbocycles. The number of hydrogen-bond donors (Lipinski definition) is 2. The van der Waals surface area contributed by atoms with E-state index in [4.69, 9.17) is 9.47 Å². The summed E-state index contributed by atoms with van der Waals surface area (Å²) in [5.41, 5.74) is 1.54. The molecule has 1 amide bonds. The number of aromatic hydroxyl groups is 1. The highest BCUT2D eigenvalue weighted by Gasteiger charge is 2.48. The van der Waals surface area contributed by atoms with E-state index in [2.05, 4.69) is 4.98 Å². The van der Waals surface area contributed by atoms with Crippen LogP contribution in [0.3, 0.4) is 0 Å². The van der Waals surface area contributed by atoms with E-state index in [1.165, 1.54) is 43.6 Å². The molecule has 1 aromatic heterocycles. The van der Waals surface area contributed by atoms with Crippen molar-refractivity contribution in [1.82, 2.24) is 4.98 Å². The SMILES string of the molecule is COc1ccc(OC)c(/C(O)=C2\C(=O)C(=O)N(c3cc(C)ccc3O)C2c2ccncc2)c1. The lowest BCUT2D eigenvalue weighted by Crippen LogP contribution is -2.29. The van der Waals surface area contributed by atoms with E-state index in [-0.39, 0.29) is 22.6 Å². The number of phenolic OH excluding ortho intramolecular Hbond substituents is 1. The molecule has 1 aliphatic rings. The Morgan fingerprint density at radius 1 is 1.00 bits per heavy atom. The Labute approximate surface area is 190 Å². The number of Topliss-reactive ketones (excluding diaryl/α,β-unsaturated/α-hetero) is 1. The van der Waals surface area contributed by atoms with Crippen LogP contribution in [0.15, 0.2) is 66.5 Å². The molecule has 1 unspecified atom stereocenters. The number of carbonyl (C=O) groups is 2. The Morgan fingerprint density at radius 2 is 1.73 bits per heavy atom. The van der Waals surface area contributed by atoms with Crippen LogP contribution < -0.4 is 14.4 Å². The first-order chi connectivity index (χ1) is 15.9. The summed E-state index contributed by atoms with van der Waals surface area (Å²) in [6.45, 7) is 1.81. The summed E-state index contributed by atoms with van der Waals surface area (Å²) in [7, 11) is 2.91. The van der Waals surface area contributed by atoms with Crippen molar-refractivity contribution in [3.05, 3.63) is 83.2 Å². The minimum Gasteiger partial charge on any atom is -0.507 e. The standard InChI is InChI=1S/C25H22N2O6/c1-14-4-6-19(28)18(12-14)27-22(15-8-10-26-11-9-15)21(24(30)25(27)31)23(29)17-13-16(32-2)5-7-20(17)33-3/h4-13,22,28-29H,1-3H3/b23-21+. The summed E-state index contributed by atoms with van der Waals surface area (Å²) in [4.78, 5) is 31.7. The van der Waals surface area contributed by atoms with Gasteiger partial charge in [-0.1, -0.05) is 6.07 Å². The number of methoxy groups -OCH3 is 2. The quantitative estimate of drug-likeness (QED) is 0.349. The van der Waals surface area contributed by atoms with Crippen molar-refractivity contribution < 1.29 is 29.3 Å². The first kappa shape index (κ1) is 21.9. The number of phenols is 1. The number of aliphatic hydroxyl groups excluding tert-OH is 1. The van der Waals surface area contributed by atoms with Gasteiger partial charge in [0.1, 0.15) is 23.0 Å². The van der Waals surface area contributed by atoms with Crippen LogP contribution in [-0.2, 0) is 9.59 Å². The molecule has 4 rings (SSSR count). The third kappa shape index (κ3) is 3.76. The number of aromatic nitrogens is 1. The maximum absolute atomic E-state index is 13.3. The van der Waals surface area contributed by atoms with Gasteiger partial charge in [-0.3, -0.25) is 19.5 Å². The molecule has 168 valence electrons. The maximum atomic E-state index is 13.3. The van der Waals surface area contributed by atoms with E-state index in [1.807, 2.05) is 6.92 Å².